The van der Waals surface area contributed by atoms with Crippen molar-refractivity contribution in [2.75, 3.05) is 4.90 Å². The van der Waals surface area contributed by atoms with E-state index < -0.39 is 5.41 Å². The van der Waals surface area contributed by atoms with Crippen LogP contribution in [0.4, 0.5) is 17.1 Å². The Labute approximate surface area is 381 Å². The standard InChI is InChI=1S/C64H45N/c1-63(2)53-30-15-12-26-49(53)50-39-37-46(41-58(50)63)65(60-40-45(42-20-6-3-7-21-42)36-38-47(60)43-22-8-4-9-23-43)59-35-19-34-57-62(59)52-28-14-17-32-55(52)64(57)54-31-16-13-27-51(54)61-48(29-18-33-56(61)64)44-24-10-5-11-25-44/h3-41H,1-2H3. The molecule has 0 aliphatic heterocycles. The maximum Gasteiger partial charge on any atom is 0.0726 e. The number of hydrogen-bond donors (Lipinski definition) is 0. The molecule has 10 aromatic carbocycles. The highest BCUT2D eigenvalue weighted by Gasteiger charge is 2.53. The number of nitrogens with zero attached hydrogens (tertiary/aromatic N) is 1. The van der Waals surface area contributed by atoms with Crippen LogP contribution in [0.25, 0.3) is 66.8 Å². The first kappa shape index (κ1) is 37.5. The molecule has 1 unspecified atom stereocenters. The van der Waals surface area contributed by atoms with Crippen molar-refractivity contribution in [2.45, 2.75) is 24.7 Å². The molecule has 3 aliphatic carbocycles. The molecule has 0 aromatic heterocycles. The molecule has 10 aromatic rings. The van der Waals surface area contributed by atoms with Crippen molar-refractivity contribution >= 4 is 17.1 Å². The van der Waals surface area contributed by atoms with E-state index in [0.29, 0.717) is 0 Å². The SMILES string of the molecule is CC1(C)c2ccccc2-c2ccc(N(c3cc(-c4ccccc4)ccc3-c3ccccc3)c3cccc4c3-c3ccccc3C43c4ccccc4-c4c(-c5ccccc5)cccc43)cc21. The predicted octanol–water partition coefficient (Wildman–Crippen LogP) is 16.8. The van der Waals surface area contributed by atoms with Crippen LogP contribution < -0.4 is 4.90 Å². The summed E-state index contributed by atoms with van der Waals surface area (Å²) in [6.45, 7) is 4.77. The highest BCUT2D eigenvalue weighted by molar-refractivity contribution is 6.05. The van der Waals surface area contributed by atoms with Crippen molar-refractivity contribution < 1.29 is 0 Å². The van der Waals surface area contributed by atoms with E-state index in [1.165, 1.54) is 100 Å². The van der Waals surface area contributed by atoms with Crippen LogP contribution in [0.2, 0.25) is 0 Å². The van der Waals surface area contributed by atoms with Gasteiger partial charge in [0.05, 0.1) is 16.8 Å². The zero-order valence-electron chi connectivity index (χ0n) is 36.5. The normalized spacial score (nSPS) is 15.4. The molecule has 0 bridgehead atoms. The quantitative estimate of drug-likeness (QED) is 0.161. The number of rotatable bonds is 6. The summed E-state index contributed by atoms with van der Waals surface area (Å²) in [5.74, 6) is 0. The van der Waals surface area contributed by atoms with Gasteiger partial charge in [0.15, 0.2) is 0 Å². The summed E-state index contributed by atoms with van der Waals surface area (Å²) in [6, 6.07) is 88.4. The molecule has 0 heterocycles. The van der Waals surface area contributed by atoms with Crippen molar-refractivity contribution in [3.8, 4) is 66.8 Å². The Morgan fingerprint density at radius 1 is 0.277 bits per heavy atom. The fraction of sp³-hybridized carbons (Fsp3) is 0.0625. The first-order chi connectivity index (χ1) is 32.0. The van der Waals surface area contributed by atoms with E-state index in [4.69, 9.17) is 0 Å². The molecular formula is C64H45N. The average molecular weight is 828 g/mol. The third-order valence-corrected chi connectivity index (χ3v) is 14.7. The third kappa shape index (κ3) is 5.33. The van der Waals surface area contributed by atoms with Crippen LogP contribution in [0.15, 0.2) is 237 Å². The Kier molecular flexibility index (Phi) is 8.24. The highest BCUT2D eigenvalue weighted by atomic mass is 15.1. The van der Waals surface area contributed by atoms with Gasteiger partial charge in [-0.1, -0.05) is 226 Å². The van der Waals surface area contributed by atoms with Gasteiger partial charge in [0.2, 0.25) is 0 Å². The summed E-state index contributed by atoms with van der Waals surface area (Å²) in [4.78, 5) is 2.59. The summed E-state index contributed by atoms with van der Waals surface area (Å²) in [6.07, 6.45) is 0. The van der Waals surface area contributed by atoms with Gasteiger partial charge in [-0.2, -0.15) is 0 Å². The molecule has 0 N–H and O–H groups in total. The molecule has 1 heteroatoms. The molecule has 13 rings (SSSR count). The Morgan fingerprint density at radius 2 is 0.754 bits per heavy atom. The lowest BCUT2D eigenvalue weighted by Gasteiger charge is -2.33. The van der Waals surface area contributed by atoms with Crippen LogP contribution in [0, 0.1) is 0 Å². The summed E-state index contributed by atoms with van der Waals surface area (Å²) in [5.41, 5.74) is 25.8. The monoisotopic (exact) mass is 827 g/mol. The lowest BCUT2D eigenvalue weighted by atomic mass is 9.70. The second-order valence-corrected chi connectivity index (χ2v) is 18.3. The second kappa shape index (κ2) is 14.3. The molecule has 306 valence electrons. The van der Waals surface area contributed by atoms with Gasteiger partial charge >= 0.3 is 0 Å². The molecule has 0 saturated heterocycles. The van der Waals surface area contributed by atoms with Crippen molar-refractivity contribution in [2.24, 2.45) is 0 Å². The molecule has 0 amide bonds. The molecule has 0 radical (unpaired) electrons. The maximum atomic E-state index is 2.59. The van der Waals surface area contributed by atoms with Gasteiger partial charge in [-0.05, 0) is 113 Å². The molecule has 1 nitrogen and oxygen atoms in total. The van der Waals surface area contributed by atoms with Gasteiger partial charge in [0.1, 0.15) is 0 Å². The number of benzene rings is 10. The predicted molar refractivity (Wildman–Crippen MR) is 271 cm³/mol. The lowest BCUT2D eigenvalue weighted by Crippen LogP contribution is -2.26. The van der Waals surface area contributed by atoms with Gasteiger partial charge in [-0.15, -0.1) is 0 Å². The average Bonchev–Trinajstić information content (AvgIpc) is 3.94. The summed E-state index contributed by atoms with van der Waals surface area (Å²) in [7, 11) is 0. The molecule has 3 aliphatic rings. The van der Waals surface area contributed by atoms with Crippen molar-refractivity contribution in [3.05, 3.63) is 270 Å². The Balaban J connectivity index is 1.13. The second-order valence-electron chi connectivity index (χ2n) is 18.3. The van der Waals surface area contributed by atoms with Gasteiger partial charge < -0.3 is 4.90 Å². The molecule has 65 heavy (non-hydrogen) atoms. The van der Waals surface area contributed by atoms with E-state index in [1.54, 1.807) is 0 Å². The van der Waals surface area contributed by atoms with E-state index in [2.05, 4.69) is 255 Å². The van der Waals surface area contributed by atoms with E-state index in [-0.39, 0.29) is 5.41 Å². The Hall–Kier alpha value is -8.00. The van der Waals surface area contributed by atoms with Crippen LogP contribution >= 0.6 is 0 Å². The van der Waals surface area contributed by atoms with E-state index in [1.807, 2.05) is 0 Å². The highest BCUT2D eigenvalue weighted by Crippen LogP contribution is 2.66. The molecule has 0 fully saturated rings. The van der Waals surface area contributed by atoms with Crippen LogP contribution in [0.3, 0.4) is 0 Å². The van der Waals surface area contributed by atoms with Gasteiger partial charge in [0, 0.05) is 22.2 Å². The van der Waals surface area contributed by atoms with Crippen LogP contribution in [-0.2, 0) is 10.8 Å². The Bertz CT molecular complexity index is 3510. The van der Waals surface area contributed by atoms with E-state index in [0.717, 1.165) is 17.1 Å². The minimum absolute atomic E-state index is 0.176. The minimum atomic E-state index is -0.528. The molecule has 0 saturated carbocycles. The molecule has 1 spiro atoms. The molecule has 1 atom stereocenters. The fourth-order valence-corrected chi connectivity index (χ4v) is 11.9. The van der Waals surface area contributed by atoms with Crippen molar-refractivity contribution in [3.63, 3.8) is 0 Å². The van der Waals surface area contributed by atoms with Gasteiger partial charge in [-0.3, -0.25) is 0 Å². The third-order valence-electron chi connectivity index (χ3n) is 14.7. The van der Waals surface area contributed by atoms with Crippen LogP contribution in [0.1, 0.15) is 47.2 Å². The van der Waals surface area contributed by atoms with Crippen molar-refractivity contribution in [1.82, 2.24) is 0 Å². The van der Waals surface area contributed by atoms with Gasteiger partial charge in [-0.25, -0.2) is 0 Å². The van der Waals surface area contributed by atoms with E-state index >= 15 is 0 Å². The van der Waals surface area contributed by atoms with Crippen LogP contribution in [-0.4, -0.2) is 0 Å². The largest absolute Gasteiger partial charge is 0.309 e. The lowest BCUT2D eigenvalue weighted by molar-refractivity contribution is 0.660. The van der Waals surface area contributed by atoms with E-state index in [9.17, 15) is 0 Å². The summed E-state index contributed by atoms with van der Waals surface area (Å²) >= 11 is 0. The number of fused-ring (bicyclic) bond motifs is 13. The zero-order valence-corrected chi connectivity index (χ0v) is 36.5. The summed E-state index contributed by atoms with van der Waals surface area (Å²) in [5, 5.41) is 0. The topological polar surface area (TPSA) is 3.24 Å². The van der Waals surface area contributed by atoms with Crippen molar-refractivity contribution in [1.29, 1.82) is 0 Å². The number of anilines is 3. The smallest absolute Gasteiger partial charge is 0.0726 e. The first-order valence-corrected chi connectivity index (χ1v) is 22.8. The zero-order chi connectivity index (χ0) is 43.3. The van der Waals surface area contributed by atoms with Gasteiger partial charge in [0.25, 0.3) is 0 Å². The first-order valence-electron chi connectivity index (χ1n) is 22.8. The minimum Gasteiger partial charge on any atom is -0.309 e. The summed E-state index contributed by atoms with van der Waals surface area (Å²) < 4.78 is 0. The van der Waals surface area contributed by atoms with Crippen LogP contribution in [0.5, 0.6) is 0 Å². The maximum absolute atomic E-state index is 2.59. The molecular weight excluding hydrogens is 783 g/mol. The fourth-order valence-electron chi connectivity index (χ4n) is 11.9. The Morgan fingerprint density at radius 3 is 1.43 bits per heavy atom. The number of hydrogen-bond acceptors (Lipinski definition) is 1.